The van der Waals surface area contributed by atoms with Gasteiger partial charge in [-0.15, -0.1) is 0 Å². The molecule has 7 nitrogen and oxygen atoms in total. The molecular weight excluding hydrogens is 248 g/mol. The highest BCUT2D eigenvalue weighted by Gasteiger charge is 2.45. The van der Waals surface area contributed by atoms with E-state index in [0.29, 0.717) is 11.4 Å². The Kier molecular flexibility index (Phi) is 2.97. The van der Waals surface area contributed by atoms with Gasteiger partial charge in [-0.3, -0.25) is 4.79 Å². The zero-order valence-electron chi connectivity index (χ0n) is 10.5. The van der Waals surface area contributed by atoms with Crippen molar-refractivity contribution in [3.63, 3.8) is 0 Å². The van der Waals surface area contributed by atoms with Gasteiger partial charge in [0.05, 0.1) is 11.4 Å². The van der Waals surface area contributed by atoms with Crippen molar-refractivity contribution < 1.29 is 14.7 Å². The fourth-order valence-electron chi connectivity index (χ4n) is 2.52. The van der Waals surface area contributed by atoms with Crippen molar-refractivity contribution in [2.75, 3.05) is 18.5 Å². The van der Waals surface area contributed by atoms with E-state index < -0.39 is 11.6 Å². The molecule has 2 amide bonds. The minimum Gasteiger partial charge on any atom is -0.465 e. The molecule has 19 heavy (non-hydrogen) atoms. The molecule has 7 N–H and O–H groups in total. The summed E-state index contributed by atoms with van der Waals surface area (Å²) in [4.78, 5) is 22.9. The summed E-state index contributed by atoms with van der Waals surface area (Å²) in [6, 6.07) is 3.39. The first-order valence-electron chi connectivity index (χ1n) is 5.78. The number of carbonyl (C=O) groups is 2. The number of nitrogens with two attached hydrogens (primary N) is 2. The average Bonchev–Trinajstić information content (AvgIpc) is 2.66. The number of likely N-dealkylation sites (N-methyl/N-ethyl adjacent to an activating group) is 1. The molecule has 0 aromatic heterocycles. The summed E-state index contributed by atoms with van der Waals surface area (Å²) in [6.45, 7) is 0. The lowest BCUT2D eigenvalue weighted by atomic mass is 9.94. The Morgan fingerprint density at radius 2 is 1.68 bits per heavy atom. The summed E-state index contributed by atoms with van der Waals surface area (Å²) in [5, 5.41) is 13.7. The van der Waals surface area contributed by atoms with Gasteiger partial charge in [0, 0.05) is 19.9 Å². The van der Waals surface area contributed by atoms with Crippen LogP contribution in [-0.2, 0) is 17.6 Å². The van der Waals surface area contributed by atoms with Crippen molar-refractivity contribution in [1.82, 2.24) is 10.6 Å². The number of carbonyl (C=O) groups excluding carboxylic acids is 1. The van der Waals surface area contributed by atoms with Gasteiger partial charge in [0.1, 0.15) is 5.54 Å². The maximum absolute atomic E-state index is 12.0. The van der Waals surface area contributed by atoms with Crippen LogP contribution in [-0.4, -0.2) is 29.7 Å². The summed E-state index contributed by atoms with van der Waals surface area (Å²) >= 11 is 0. The van der Waals surface area contributed by atoms with Crippen molar-refractivity contribution in [1.29, 1.82) is 0 Å². The molecule has 102 valence electrons. The number of anilines is 2. The van der Waals surface area contributed by atoms with E-state index in [4.69, 9.17) is 16.6 Å². The van der Waals surface area contributed by atoms with Crippen molar-refractivity contribution in [2.45, 2.75) is 18.4 Å². The van der Waals surface area contributed by atoms with Gasteiger partial charge in [-0.2, -0.15) is 0 Å². The maximum Gasteiger partial charge on any atom is 0.405 e. The number of nitrogens with one attached hydrogen (secondary N) is 2. The minimum absolute atomic E-state index is 0.263. The Labute approximate surface area is 110 Å². The van der Waals surface area contributed by atoms with E-state index in [1.807, 2.05) is 0 Å². The molecule has 0 radical (unpaired) electrons. The number of carboxylic acid groups (broad SMARTS) is 1. The minimum atomic E-state index is -1.24. The number of nitrogen functional groups attached to an aromatic ring is 2. The van der Waals surface area contributed by atoms with Gasteiger partial charge in [-0.1, -0.05) is 0 Å². The highest BCUT2D eigenvalue weighted by molar-refractivity contribution is 5.91. The number of benzene rings is 1. The van der Waals surface area contributed by atoms with Gasteiger partial charge in [0.15, 0.2) is 0 Å². The summed E-state index contributed by atoms with van der Waals surface area (Å²) in [7, 11) is 1.47. The second-order valence-corrected chi connectivity index (χ2v) is 4.69. The first kappa shape index (κ1) is 13.0. The van der Waals surface area contributed by atoms with Gasteiger partial charge in [0.25, 0.3) is 0 Å². The maximum atomic E-state index is 12.0. The second-order valence-electron chi connectivity index (χ2n) is 4.69. The average molecular weight is 264 g/mol. The Morgan fingerprint density at radius 1 is 1.21 bits per heavy atom. The smallest absolute Gasteiger partial charge is 0.405 e. The SMILES string of the molecule is CNC(=O)C1(NC(=O)O)Cc2cc(N)c(N)cc2C1. The summed E-state index contributed by atoms with van der Waals surface area (Å²) in [6.07, 6.45) is -0.713. The van der Waals surface area contributed by atoms with Crippen LogP contribution in [0.15, 0.2) is 12.1 Å². The molecule has 0 heterocycles. The van der Waals surface area contributed by atoms with Gasteiger partial charge in [-0.05, 0) is 23.3 Å². The fraction of sp³-hybridized carbons (Fsp3) is 0.333. The highest BCUT2D eigenvalue weighted by atomic mass is 16.4. The third-order valence-electron chi connectivity index (χ3n) is 3.40. The lowest BCUT2D eigenvalue weighted by Gasteiger charge is -2.26. The highest BCUT2D eigenvalue weighted by Crippen LogP contribution is 2.34. The molecule has 0 saturated heterocycles. The summed E-state index contributed by atoms with van der Waals surface area (Å²) < 4.78 is 0. The molecule has 0 saturated carbocycles. The van der Waals surface area contributed by atoms with E-state index in [9.17, 15) is 9.59 Å². The van der Waals surface area contributed by atoms with E-state index in [0.717, 1.165) is 11.1 Å². The van der Waals surface area contributed by atoms with Crippen LogP contribution in [0.3, 0.4) is 0 Å². The van der Waals surface area contributed by atoms with Crippen molar-refractivity contribution in [2.24, 2.45) is 0 Å². The Morgan fingerprint density at radius 3 is 2.05 bits per heavy atom. The molecule has 0 bridgehead atoms. The molecule has 2 rings (SSSR count). The largest absolute Gasteiger partial charge is 0.465 e. The number of amides is 2. The van der Waals surface area contributed by atoms with Crippen molar-refractivity contribution in [3.8, 4) is 0 Å². The lowest BCUT2D eigenvalue weighted by molar-refractivity contribution is -0.126. The Bertz CT molecular complexity index is 525. The first-order chi connectivity index (χ1) is 8.88. The molecular formula is C12H16N4O3. The van der Waals surface area contributed by atoms with Crippen molar-refractivity contribution in [3.05, 3.63) is 23.3 Å². The number of hydrogen-bond donors (Lipinski definition) is 5. The van der Waals surface area contributed by atoms with Crippen LogP contribution >= 0.6 is 0 Å². The predicted molar refractivity (Wildman–Crippen MR) is 70.6 cm³/mol. The molecule has 0 aliphatic heterocycles. The van der Waals surface area contributed by atoms with Gasteiger partial charge < -0.3 is 27.2 Å². The Balaban J connectivity index is 2.41. The number of rotatable bonds is 2. The van der Waals surface area contributed by atoms with Crippen LogP contribution in [0.5, 0.6) is 0 Å². The van der Waals surface area contributed by atoms with E-state index in [2.05, 4.69) is 10.6 Å². The lowest BCUT2D eigenvalue weighted by Crippen LogP contribution is -2.58. The number of hydrogen-bond acceptors (Lipinski definition) is 4. The summed E-state index contributed by atoms with van der Waals surface area (Å²) in [5.41, 5.74) is 12.8. The third-order valence-corrected chi connectivity index (χ3v) is 3.40. The zero-order valence-corrected chi connectivity index (χ0v) is 10.5. The van der Waals surface area contributed by atoms with Crippen LogP contribution in [0.1, 0.15) is 11.1 Å². The van der Waals surface area contributed by atoms with Crippen LogP contribution in [0.2, 0.25) is 0 Å². The molecule has 7 heteroatoms. The molecule has 1 aromatic rings. The second kappa shape index (κ2) is 4.34. The topological polar surface area (TPSA) is 130 Å². The van der Waals surface area contributed by atoms with Crippen LogP contribution in [0.4, 0.5) is 16.2 Å². The molecule has 1 aliphatic rings. The van der Waals surface area contributed by atoms with Gasteiger partial charge >= 0.3 is 6.09 Å². The molecule has 1 aromatic carbocycles. The molecule has 0 spiro atoms. The van der Waals surface area contributed by atoms with E-state index in [1.165, 1.54) is 7.05 Å². The van der Waals surface area contributed by atoms with Crippen LogP contribution in [0, 0.1) is 0 Å². The van der Waals surface area contributed by atoms with Crippen LogP contribution in [0.25, 0.3) is 0 Å². The van der Waals surface area contributed by atoms with E-state index >= 15 is 0 Å². The predicted octanol–water partition coefficient (Wildman–Crippen LogP) is -0.298. The zero-order chi connectivity index (χ0) is 14.2. The molecule has 0 atom stereocenters. The third kappa shape index (κ3) is 2.14. The van der Waals surface area contributed by atoms with Gasteiger partial charge in [0.2, 0.25) is 5.91 Å². The fourth-order valence-corrected chi connectivity index (χ4v) is 2.52. The van der Waals surface area contributed by atoms with E-state index in [-0.39, 0.29) is 18.7 Å². The molecule has 0 fully saturated rings. The first-order valence-corrected chi connectivity index (χ1v) is 5.78. The summed E-state index contributed by atoms with van der Waals surface area (Å²) in [5.74, 6) is -0.372. The number of fused-ring (bicyclic) bond motifs is 1. The molecule has 0 unspecified atom stereocenters. The normalized spacial score (nSPS) is 15.6. The van der Waals surface area contributed by atoms with Crippen LogP contribution < -0.4 is 22.1 Å². The van der Waals surface area contributed by atoms with Gasteiger partial charge in [-0.25, -0.2) is 4.79 Å². The van der Waals surface area contributed by atoms with E-state index in [1.54, 1.807) is 12.1 Å². The molecule has 1 aliphatic carbocycles. The monoisotopic (exact) mass is 264 g/mol. The quantitative estimate of drug-likeness (QED) is 0.468. The standard InChI is InChI=1S/C12H16N4O3/c1-15-10(17)12(16-11(18)19)4-6-2-8(13)9(14)3-7(6)5-12/h2-3,16H,4-5,13-14H2,1H3,(H,15,17)(H,18,19). The van der Waals surface area contributed by atoms with Crippen molar-refractivity contribution >= 4 is 23.4 Å². The Hall–Kier alpha value is -2.44.